The van der Waals surface area contributed by atoms with Gasteiger partial charge >= 0.3 is 6.18 Å². The van der Waals surface area contributed by atoms with E-state index in [-0.39, 0.29) is 0 Å². The SMILES string of the molecule is C/N=[C]\C(F)(F)F. The Balaban J connectivity index is 3.56. The van der Waals surface area contributed by atoms with Crippen molar-refractivity contribution in [2.75, 3.05) is 7.05 Å². The van der Waals surface area contributed by atoms with Crippen LogP contribution in [-0.2, 0) is 0 Å². The minimum atomic E-state index is -4.37. The zero-order valence-electron chi connectivity index (χ0n) is 3.58. The molecule has 41 valence electrons. The molecule has 0 unspecified atom stereocenters. The molecule has 0 aromatic carbocycles. The lowest BCUT2D eigenvalue weighted by Gasteiger charge is -1.90. The normalized spacial score (nSPS) is 13.1. The van der Waals surface area contributed by atoms with Crippen LogP contribution in [-0.4, -0.2) is 19.4 Å². The van der Waals surface area contributed by atoms with Crippen LogP contribution in [0.4, 0.5) is 13.2 Å². The standard InChI is InChI=1S/C3H3F3N/c1-7-2-3(4,5)6/h1H3. The first-order chi connectivity index (χ1) is 3.06. The van der Waals surface area contributed by atoms with E-state index < -0.39 is 6.18 Å². The van der Waals surface area contributed by atoms with Gasteiger partial charge in [0.2, 0.25) is 0 Å². The van der Waals surface area contributed by atoms with Crippen molar-refractivity contribution >= 4 is 6.21 Å². The van der Waals surface area contributed by atoms with E-state index in [1.165, 1.54) is 0 Å². The Morgan fingerprint density at radius 2 is 1.86 bits per heavy atom. The van der Waals surface area contributed by atoms with E-state index >= 15 is 0 Å². The smallest absolute Gasteiger partial charge is 0.282 e. The largest absolute Gasteiger partial charge is 0.435 e. The second kappa shape index (κ2) is 1.95. The van der Waals surface area contributed by atoms with Crippen LogP contribution < -0.4 is 0 Å². The fourth-order valence-corrected chi connectivity index (χ4v) is 0.127. The summed E-state index contributed by atoms with van der Waals surface area (Å²) in [4.78, 5) is 2.63. The molecular weight excluding hydrogens is 107 g/mol. The fourth-order valence-electron chi connectivity index (χ4n) is 0.127. The van der Waals surface area contributed by atoms with E-state index in [0.717, 1.165) is 13.3 Å². The number of hydrogen-bond donors (Lipinski definition) is 0. The average Bonchev–Trinajstić information content (AvgIpc) is 1.30. The van der Waals surface area contributed by atoms with Crippen molar-refractivity contribution in [2.45, 2.75) is 6.18 Å². The molecule has 0 saturated heterocycles. The molecule has 0 spiro atoms. The number of hydrogen-bond acceptors (Lipinski definition) is 1. The van der Waals surface area contributed by atoms with Crippen LogP contribution in [0.15, 0.2) is 4.99 Å². The number of alkyl halides is 3. The second-order valence-electron chi connectivity index (χ2n) is 0.833. The van der Waals surface area contributed by atoms with Crippen molar-refractivity contribution in [3.8, 4) is 0 Å². The molecule has 0 bridgehead atoms. The molecule has 0 amide bonds. The maximum absolute atomic E-state index is 10.9. The zero-order valence-corrected chi connectivity index (χ0v) is 3.58. The summed E-state index contributed by atoms with van der Waals surface area (Å²) >= 11 is 0. The van der Waals surface area contributed by atoms with Gasteiger partial charge in [-0.1, -0.05) is 0 Å². The molecule has 0 aromatic heterocycles. The third kappa shape index (κ3) is 5.46. The van der Waals surface area contributed by atoms with Gasteiger partial charge in [-0.25, -0.2) is 0 Å². The predicted molar refractivity (Wildman–Crippen MR) is 19.4 cm³/mol. The van der Waals surface area contributed by atoms with E-state index in [1.807, 2.05) is 0 Å². The fraction of sp³-hybridized carbons (Fsp3) is 0.667. The number of aliphatic imine (C=N–C) groups is 1. The van der Waals surface area contributed by atoms with Crippen molar-refractivity contribution < 1.29 is 13.2 Å². The second-order valence-corrected chi connectivity index (χ2v) is 0.833. The van der Waals surface area contributed by atoms with Gasteiger partial charge in [0, 0.05) is 7.05 Å². The predicted octanol–water partition coefficient (Wildman–Crippen LogP) is 1.13. The highest BCUT2D eigenvalue weighted by Gasteiger charge is 2.24. The van der Waals surface area contributed by atoms with Gasteiger partial charge in [0.25, 0.3) is 0 Å². The lowest BCUT2D eigenvalue weighted by molar-refractivity contribution is -0.0536. The lowest BCUT2D eigenvalue weighted by atomic mass is 10.7. The Bertz CT molecular complexity index is 72.7. The summed E-state index contributed by atoms with van der Waals surface area (Å²) in [5, 5.41) is 0. The zero-order chi connectivity index (χ0) is 5.91. The summed E-state index contributed by atoms with van der Waals surface area (Å²) in [6, 6.07) is 0. The molecule has 0 atom stereocenters. The molecule has 0 saturated carbocycles. The molecule has 0 heterocycles. The summed E-state index contributed by atoms with van der Waals surface area (Å²) in [5.41, 5.74) is 0. The third-order valence-corrected chi connectivity index (χ3v) is 0.239. The molecule has 0 N–H and O–H groups in total. The summed E-state index contributed by atoms with van der Waals surface area (Å²) in [6.07, 6.45) is -3.46. The van der Waals surface area contributed by atoms with Crippen LogP contribution >= 0.6 is 0 Å². The van der Waals surface area contributed by atoms with Crippen LogP contribution in [0.3, 0.4) is 0 Å². The van der Waals surface area contributed by atoms with E-state index in [4.69, 9.17) is 0 Å². The molecule has 0 aliphatic heterocycles. The molecule has 0 aliphatic rings. The van der Waals surface area contributed by atoms with Crippen molar-refractivity contribution in [1.82, 2.24) is 0 Å². The van der Waals surface area contributed by atoms with Crippen LogP contribution in [0.2, 0.25) is 0 Å². The summed E-state index contributed by atoms with van der Waals surface area (Å²) < 4.78 is 32.6. The number of halogens is 3. The van der Waals surface area contributed by atoms with E-state index in [1.54, 1.807) is 0 Å². The molecule has 1 radical (unpaired) electrons. The van der Waals surface area contributed by atoms with Crippen molar-refractivity contribution in [2.24, 2.45) is 4.99 Å². The van der Waals surface area contributed by atoms with Gasteiger partial charge in [0.05, 0.1) is 0 Å². The van der Waals surface area contributed by atoms with Crippen LogP contribution in [0, 0.1) is 0 Å². The topological polar surface area (TPSA) is 12.4 Å². The van der Waals surface area contributed by atoms with Crippen molar-refractivity contribution in [1.29, 1.82) is 0 Å². The number of nitrogens with zero attached hydrogens (tertiary/aromatic N) is 1. The van der Waals surface area contributed by atoms with E-state index in [9.17, 15) is 13.2 Å². The van der Waals surface area contributed by atoms with Gasteiger partial charge in [-0.05, 0) is 0 Å². The Hall–Kier alpha value is -0.540. The quantitative estimate of drug-likeness (QED) is 0.414. The monoisotopic (exact) mass is 110 g/mol. The highest BCUT2D eigenvalue weighted by molar-refractivity contribution is 5.63. The first-order valence-corrected chi connectivity index (χ1v) is 1.49. The molecule has 1 nitrogen and oxygen atoms in total. The van der Waals surface area contributed by atoms with Crippen LogP contribution in [0.25, 0.3) is 0 Å². The first kappa shape index (κ1) is 6.46. The van der Waals surface area contributed by atoms with Crippen LogP contribution in [0.1, 0.15) is 0 Å². The van der Waals surface area contributed by atoms with Crippen LogP contribution in [0.5, 0.6) is 0 Å². The van der Waals surface area contributed by atoms with E-state index in [0.29, 0.717) is 0 Å². The molecular formula is C3H3F3N. The summed E-state index contributed by atoms with van der Waals surface area (Å²) in [5.74, 6) is 0. The summed E-state index contributed by atoms with van der Waals surface area (Å²) in [6.45, 7) is 0. The van der Waals surface area contributed by atoms with E-state index in [2.05, 4.69) is 4.99 Å². The lowest BCUT2D eigenvalue weighted by Crippen LogP contribution is -2.07. The van der Waals surface area contributed by atoms with Gasteiger partial charge in [0.15, 0.2) is 6.21 Å². The Morgan fingerprint density at radius 3 is 1.86 bits per heavy atom. The van der Waals surface area contributed by atoms with Crippen molar-refractivity contribution in [3.63, 3.8) is 0 Å². The average molecular weight is 110 g/mol. The van der Waals surface area contributed by atoms with Gasteiger partial charge in [-0.3, -0.25) is 4.99 Å². The molecule has 7 heavy (non-hydrogen) atoms. The summed E-state index contributed by atoms with van der Waals surface area (Å²) in [7, 11) is 1.02. The minimum absolute atomic E-state index is 0.910. The molecule has 0 fully saturated rings. The molecule has 0 aromatic rings. The highest BCUT2D eigenvalue weighted by Crippen LogP contribution is 2.09. The maximum atomic E-state index is 10.9. The Morgan fingerprint density at radius 1 is 1.43 bits per heavy atom. The van der Waals surface area contributed by atoms with Gasteiger partial charge in [-0.2, -0.15) is 13.2 Å². The molecule has 0 rings (SSSR count). The molecule has 4 heteroatoms. The molecule has 0 aliphatic carbocycles. The van der Waals surface area contributed by atoms with Gasteiger partial charge in [-0.15, -0.1) is 0 Å². The Kier molecular flexibility index (Phi) is 1.80. The maximum Gasteiger partial charge on any atom is 0.435 e. The Labute approximate surface area is 38.9 Å². The first-order valence-electron chi connectivity index (χ1n) is 1.49. The van der Waals surface area contributed by atoms with Gasteiger partial charge in [0.1, 0.15) is 0 Å². The highest BCUT2D eigenvalue weighted by atomic mass is 19.4. The van der Waals surface area contributed by atoms with Crippen molar-refractivity contribution in [3.05, 3.63) is 0 Å². The number of rotatable bonds is 0. The third-order valence-electron chi connectivity index (χ3n) is 0.239. The minimum Gasteiger partial charge on any atom is -0.282 e. The van der Waals surface area contributed by atoms with Gasteiger partial charge < -0.3 is 0 Å².